The lowest BCUT2D eigenvalue weighted by Gasteiger charge is -2.29. The first kappa shape index (κ1) is 13.5. The van der Waals surface area contributed by atoms with Crippen molar-refractivity contribution in [2.24, 2.45) is 5.92 Å². The minimum Gasteiger partial charge on any atom is -0.299 e. The van der Waals surface area contributed by atoms with Crippen LogP contribution in [0.2, 0.25) is 0 Å². The van der Waals surface area contributed by atoms with E-state index in [-0.39, 0.29) is 23.9 Å². The Morgan fingerprint density at radius 3 is 2.62 bits per heavy atom. The van der Waals surface area contributed by atoms with Gasteiger partial charge in [0.15, 0.2) is 0 Å². The van der Waals surface area contributed by atoms with Crippen LogP contribution >= 0.6 is 15.9 Å². The molecule has 3 atom stereocenters. The molecule has 1 saturated carbocycles. The fourth-order valence-corrected chi connectivity index (χ4v) is 4.42. The molecule has 2 saturated heterocycles. The van der Waals surface area contributed by atoms with Gasteiger partial charge in [0.2, 0.25) is 5.91 Å². The predicted octanol–water partition coefficient (Wildman–Crippen LogP) is 2.69. The van der Waals surface area contributed by atoms with Crippen molar-refractivity contribution in [3.05, 3.63) is 34.3 Å². The molecular weight excluding hydrogens is 332 g/mol. The van der Waals surface area contributed by atoms with Crippen LogP contribution in [0.15, 0.2) is 28.7 Å². The summed E-state index contributed by atoms with van der Waals surface area (Å²) in [5, 5.41) is 4.04. The molecule has 0 bridgehead atoms. The largest absolute Gasteiger partial charge is 0.299 e. The van der Waals surface area contributed by atoms with Crippen LogP contribution in [-0.2, 0) is 9.59 Å². The Bertz CT molecular complexity index is 601. The van der Waals surface area contributed by atoms with Crippen molar-refractivity contribution in [1.29, 1.82) is 0 Å². The number of hydrogen-bond donors (Lipinski definition) is 0. The van der Waals surface area contributed by atoms with E-state index in [9.17, 15) is 9.59 Å². The van der Waals surface area contributed by atoms with Crippen LogP contribution in [-0.4, -0.2) is 34.3 Å². The number of carbonyl (C=O) groups excluding carboxylic acids is 2. The third-order valence-corrected chi connectivity index (χ3v) is 5.51. The minimum absolute atomic E-state index is 0.0300. The number of carbonyl (C=O) groups is 2. The third-order valence-electron chi connectivity index (χ3n) is 4.98. The van der Waals surface area contributed by atoms with Gasteiger partial charge in [-0.1, -0.05) is 28.1 Å². The highest BCUT2D eigenvalue weighted by molar-refractivity contribution is 9.10. The Kier molecular flexibility index (Phi) is 3.15. The highest BCUT2D eigenvalue weighted by atomic mass is 79.9. The predicted molar refractivity (Wildman–Crippen MR) is 81.2 cm³/mol. The first-order valence-electron chi connectivity index (χ1n) is 7.53. The van der Waals surface area contributed by atoms with Crippen molar-refractivity contribution in [3.8, 4) is 0 Å². The lowest BCUT2D eigenvalue weighted by molar-refractivity contribution is -0.139. The Balaban J connectivity index is 1.78. The summed E-state index contributed by atoms with van der Waals surface area (Å²) in [6.45, 7) is 0.736. The van der Waals surface area contributed by atoms with E-state index in [1.807, 2.05) is 17.1 Å². The van der Waals surface area contributed by atoms with Crippen molar-refractivity contribution in [2.45, 2.75) is 37.8 Å². The van der Waals surface area contributed by atoms with Gasteiger partial charge in [0.1, 0.15) is 5.78 Å². The minimum atomic E-state index is -0.0517. The number of rotatable bonds is 1. The standard InChI is InChI=1S/C16H17BrN2O2/c17-11-6-4-10(5-7-11)16-15-12(2-1-3-13(15)20)19-14(21)8-9-18(16)19/h4-7,12,15-16H,1-3,8-9H2/t12-,15-,16-/m1/s1. The number of hydrogen-bond acceptors (Lipinski definition) is 3. The van der Waals surface area contributed by atoms with E-state index < -0.39 is 0 Å². The van der Waals surface area contributed by atoms with Gasteiger partial charge in [0.25, 0.3) is 0 Å². The second-order valence-electron chi connectivity index (χ2n) is 6.10. The van der Waals surface area contributed by atoms with E-state index >= 15 is 0 Å². The molecule has 3 aliphatic rings. The molecule has 0 radical (unpaired) electrons. The van der Waals surface area contributed by atoms with Crippen LogP contribution in [0.4, 0.5) is 0 Å². The normalized spacial score (nSPS) is 32.4. The summed E-state index contributed by atoms with van der Waals surface area (Å²) in [5.41, 5.74) is 1.14. The summed E-state index contributed by atoms with van der Waals surface area (Å²) in [4.78, 5) is 24.7. The monoisotopic (exact) mass is 348 g/mol. The molecule has 4 rings (SSSR count). The summed E-state index contributed by atoms with van der Waals surface area (Å²) in [6.07, 6.45) is 3.09. The highest BCUT2D eigenvalue weighted by Crippen LogP contribution is 2.48. The maximum absolute atomic E-state index is 12.5. The van der Waals surface area contributed by atoms with Gasteiger partial charge >= 0.3 is 0 Å². The summed E-state index contributed by atoms with van der Waals surface area (Å²) in [5.74, 6) is 0.449. The quantitative estimate of drug-likeness (QED) is 0.783. The number of ketones is 1. The van der Waals surface area contributed by atoms with Crippen molar-refractivity contribution in [2.75, 3.05) is 6.54 Å². The Morgan fingerprint density at radius 1 is 1.10 bits per heavy atom. The fraction of sp³-hybridized carbons (Fsp3) is 0.500. The topological polar surface area (TPSA) is 40.6 Å². The molecule has 0 aromatic heterocycles. The molecule has 1 amide bonds. The molecule has 1 aromatic rings. The van der Waals surface area contributed by atoms with Gasteiger partial charge in [0, 0.05) is 23.9 Å². The molecule has 21 heavy (non-hydrogen) atoms. The van der Waals surface area contributed by atoms with E-state index in [4.69, 9.17) is 0 Å². The van der Waals surface area contributed by atoms with Gasteiger partial charge in [0.05, 0.1) is 18.0 Å². The van der Waals surface area contributed by atoms with Crippen LogP contribution in [0.1, 0.15) is 37.3 Å². The van der Waals surface area contributed by atoms with E-state index in [1.165, 1.54) is 0 Å². The molecule has 3 fully saturated rings. The van der Waals surface area contributed by atoms with Gasteiger partial charge in [-0.3, -0.25) is 14.6 Å². The lowest BCUT2D eigenvalue weighted by atomic mass is 9.78. The average molecular weight is 349 g/mol. The number of Topliss-reactive ketones (excluding diaryl/α,β-unsaturated/α-hetero) is 1. The van der Waals surface area contributed by atoms with Gasteiger partial charge in [-0.2, -0.15) is 0 Å². The first-order valence-corrected chi connectivity index (χ1v) is 8.33. The molecule has 0 N–H and O–H groups in total. The molecular formula is C16H17BrN2O2. The molecule has 2 aliphatic heterocycles. The molecule has 4 nitrogen and oxygen atoms in total. The number of fused-ring (bicyclic) bond motifs is 3. The molecule has 1 aliphatic carbocycles. The zero-order valence-corrected chi connectivity index (χ0v) is 13.3. The highest BCUT2D eigenvalue weighted by Gasteiger charge is 2.55. The molecule has 0 spiro atoms. The van der Waals surface area contributed by atoms with Crippen LogP contribution in [0.25, 0.3) is 0 Å². The van der Waals surface area contributed by atoms with Crippen molar-refractivity contribution < 1.29 is 9.59 Å². The van der Waals surface area contributed by atoms with E-state index in [0.717, 1.165) is 29.4 Å². The summed E-state index contributed by atoms with van der Waals surface area (Å²) in [6, 6.07) is 8.27. The summed E-state index contributed by atoms with van der Waals surface area (Å²) < 4.78 is 1.03. The first-order chi connectivity index (χ1) is 10.2. The molecule has 5 heteroatoms. The van der Waals surface area contributed by atoms with Crippen molar-refractivity contribution >= 4 is 27.6 Å². The zero-order chi connectivity index (χ0) is 14.6. The summed E-state index contributed by atoms with van der Waals surface area (Å²) in [7, 11) is 0. The van der Waals surface area contributed by atoms with Gasteiger partial charge in [-0.25, -0.2) is 5.01 Å². The summed E-state index contributed by atoms with van der Waals surface area (Å²) >= 11 is 3.46. The second-order valence-corrected chi connectivity index (χ2v) is 7.02. The Hall–Kier alpha value is -1.20. The number of nitrogens with zero attached hydrogens (tertiary/aromatic N) is 2. The van der Waals surface area contributed by atoms with Crippen molar-refractivity contribution in [3.63, 3.8) is 0 Å². The smallest absolute Gasteiger partial charge is 0.238 e. The van der Waals surface area contributed by atoms with Gasteiger partial charge in [-0.05, 0) is 30.5 Å². The van der Waals surface area contributed by atoms with E-state index in [1.54, 1.807) is 0 Å². The maximum atomic E-state index is 12.5. The Labute approximate surface area is 132 Å². The van der Waals surface area contributed by atoms with Crippen molar-refractivity contribution in [1.82, 2.24) is 10.0 Å². The molecule has 1 aromatic carbocycles. The number of benzene rings is 1. The van der Waals surface area contributed by atoms with Crippen LogP contribution in [0.5, 0.6) is 0 Å². The van der Waals surface area contributed by atoms with Crippen LogP contribution in [0.3, 0.4) is 0 Å². The van der Waals surface area contributed by atoms with E-state index in [2.05, 4.69) is 33.1 Å². The number of halogens is 1. The maximum Gasteiger partial charge on any atom is 0.238 e. The van der Waals surface area contributed by atoms with Crippen LogP contribution < -0.4 is 0 Å². The lowest BCUT2D eigenvalue weighted by Crippen LogP contribution is -2.42. The average Bonchev–Trinajstić information content (AvgIpc) is 3.00. The third kappa shape index (κ3) is 1.98. The molecule has 0 unspecified atom stereocenters. The molecule has 110 valence electrons. The number of amides is 1. The number of hydrazine groups is 1. The fourth-order valence-electron chi connectivity index (χ4n) is 4.16. The zero-order valence-electron chi connectivity index (χ0n) is 11.7. The Morgan fingerprint density at radius 2 is 1.86 bits per heavy atom. The molecule has 2 heterocycles. The van der Waals surface area contributed by atoms with Crippen LogP contribution in [0, 0.1) is 5.92 Å². The second kappa shape index (κ2) is 4.92. The SMILES string of the molecule is O=C1CCC[C@@H]2[C@H]1[C@@H](c1ccc(Br)cc1)N1CCC(=O)N21. The van der Waals surface area contributed by atoms with E-state index in [0.29, 0.717) is 18.6 Å². The van der Waals surface area contributed by atoms with Gasteiger partial charge < -0.3 is 0 Å². The van der Waals surface area contributed by atoms with Gasteiger partial charge in [-0.15, -0.1) is 0 Å².